The van der Waals surface area contributed by atoms with Crippen LogP contribution in [0.1, 0.15) is 13.3 Å². The van der Waals surface area contributed by atoms with Crippen LogP contribution in [-0.2, 0) is 4.74 Å². The number of rotatable bonds is 3. The lowest BCUT2D eigenvalue weighted by Gasteiger charge is -2.19. The molecule has 0 saturated carbocycles. The van der Waals surface area contributed by atoms with Gasteiger partial charge < -0.3 is 10.5 Å². The van der Waals surface area contributed by atoms with Gasteiger partial charge in [0.2, 0.25) is 0 Å². The summed E-state index contributed by atoms with van der Waals surface area (Å²) in [7, 11) is 1.76. The average molecular weight is 158 g/mol. The van der Waals surface area contributed by atoms with E-state index in [0.717, 1.165) is 19.7 Å². The van der Waals surface area contributed by atoms with Crippen LogP contribution < -0.4 is 5.73 Å². The second-order valence-corrected chi connectivity index (χ2v) is 3.35. The minimum atomic E-state index is 0.205. The van der Waals surface area contributed by atoms with Crippen molar-refractivity contribution < 1.29 is 4.74 Å². The van der Waals surface area contributed by atoms with Gasteiger partial charge in [0.1, 0.15) is 0 Å². The van der Waals surface area contributed by atoms with Gasteiger partial charge in [-0.3, -0.25) is 4.90 Å². The van der Waals surface area contributed by atoms with Crippen molar-refractivity contribution in [1.29, 1.82) is 0 Å². The first kappa shape index (κ1) is 8.97. The minimum absolute atomic E-state index is 0.205. The molecule has 66 valence electrons. The van der Waals surface area contributed by atoms with Crippen molar-refractivity contribution in [3.05, 3.63) is 0 Å². The average Bonchev–Trinajstić information content (AvgIpc) is 2.37. The van der Waals surface area contributed by atoms with E-state index in [-0.39, 0.29) is 6.17 Å². The first-order valence-electron chi connectivity index (χ1n) is 4.22. The highest BCUT2D eigenvalue weighted by Gasteiger charge is 2.23. The Bertz CT molecular complexity index is 117. The molecule has 3 nitrogen and oxygen atoms in total. The Morgan fingerprint density at radius 1 is 1.73 bits per heavy atom. The van der Waals surface area contributed by atoms with Crippen LogP contribution in [-0.4, -0.2) is 37.9 Å². The van der Waals surface area contributed by atoms with Crippen LogP contribution in [0.3, 0.4) is 0 Å². The van der Waals surface area contributed by atoms with Crippen LogP contribution in [0.4, 0.5) is 0 Å². The van der Waals surface area contributed by atoms with Gasteiger partial charge in [0.25, 0.3) is 0 Å². The summed E-state index contributed by atoms with van der Waals surface area (Å²) in [4.78, 5) is 2.30. The molecular formula is C8H18N2O. The topological polar surface area (TPSA) is 38.5 Å². The van der Waals surface area contributed by atoms with Gasteiger partial charge in [-0.2, -0.15) is 0 Å². The maximum absolute atomic E-state index is 5.74. The number of nitrogens with two attached hydrogens (primary N) is 1. The van der Waals surface area contributed by atoms with Gasteiger partial charge in [0.05, 0.1) is 12.8 Å². The minimum Gasteiger partial charge on any atom is -0.384 e. The van der Waals surface area contributed by atoms with E-state index < -0.39 is 0 Å². The molecule has 0 aromatic heterocycles. The normalized spacial score (nSPS) is 29.2. The molecule has 1 aliphatic heterocycles. The molecule has 1 heterocycles. The van der Waals surface area contributed by atoms with E-state index in [0.29, 0.717) is 5.92 Å². The van der Waals surface area contributed by atoms with Crippen LogP contribution in [0.5, 0.6) is 0 Å². The summed E-state index contributed by atoms with van der Waals surface area (Å²) in [5.74, 6) is 0.700. The lowest BCUT2D eigenvalue weighted by Crippen LogP contribution is -2.37. The van der Waals surface area contributed by atoms with Gasteiger partial charge >= 0.3 is 0 Å². The third-order valence-corrected chi connectivity index (χ3v) is 2.30. The largest absolute Gasteiger partial charge is 0.384 e. The standard InChI is InChI=1S/C8H18N2O/c1-7(9)10-4-3-8(5-10)6-11-2/h7-8H,3-6,9H2,1-2H3. The first-order chi connectivity index (χ1) is 5.24. The molecule has 0 radical (unpaired) electrons. The number of hydrogen-bond donors (Lipinski definition) is 1. The molecule has 11 heavy (non-hydrogen) atoms. The third-order valence-electron chi connectivity index (χ3n) is 2.30. The lowest BCUT2D eigenvalue weighted by atomic mass is 10.1. The van der Waals surface area contributed by atoms with Gasteiger partial charge in [-0.25, -0.2) is 0 Å². The van der Waals surface area contributed by atoms with Gasteiger partial charge in [-0.15, -0.1) is 0 Å². The molecule has 2 atom stereocenters. The number of likely N-dealkylation sites (tertiary alicyclic amines) is 1. The van der Waals surface area contributed by atoms with Crippen molar-refractivity contribution >= 4 is 0 Å². The molecule has 0 amide bonds. The third kappa shape index (κ3) is 2.43. The van der Waals surface area contributed by atoms with Crippen LogP contribution in [0.25, 0.3) is 0 Å². The van der Waals surface area contributed by atoms with E-state index in [1.54, 1.807) is 7.11 Å². The summed E-state index contributed by atoms with van der Waals surface area (Å²) in [5, 5.41) is 0. The summed E-state index contributed by atoms with van der Waals surface area (Å²) in [6.45, 7) is 5.15. The smallest absolute Gasteiger partial charge is 0.0542 e. The van der Waals surface area contributed by atoms with E-state index in [2.05, 4.69) is 4.90 Å². The second kappa shape index (κ2) is 4.04. The quantitative estimate of drug-likeness (QED) is 0.640. The van der Waals surface area contributed by atoms with Crippen molar-refractivity contribution in [1.82, 2.24) is 4.90 Å². The summed E-state index contributed by atoms with van der Waals surface area (Å²) in [6.07, 6.45) is 1.44. The molecule has 0 bridgehead atoms. The van der Waals surface area contributed by atoms with E-state index in [4.69, 9.17) is 10.5 Å². The lowest BCUT2D eigenvalue weighted by molar-refractivity contribution is 0.149. The Hall–Kier alpha value is -0.120. The predicted molar refractivity (Wildman–Crippen MR) is 45.2 cm³/mol. The van der Waals surface area contributed by atoms with Crippen molar-refractivity contribution in [3.8, 4) is 0 Å². The van der Waals surface area contributed by atoms with E-state index in [1.807, 2.05) is 6.92 Å². The Balaban J connectivity index is 2.23. The molecule has 0 aromatic rings. The Morgan fingerprint density at radius 2 is 2.45 bits per heavy atom. The highest BCUT2D eigenvalue weighted by molar-refractivity contribution is 4.76. The fourth-order valence-corrected chi connectivity index (χ4v) is 1.60. The summed E-state index contributed by atoms with van der Waals surface area (Å²) in [5.41, 5.74) is 5.74. The molecule has 0 spiro atoms. The van der Waals surface area contributed by atoms with Crippen LogP contribution in [0.15, 0.2) is 0 Å². The van der Waals surface area contributed by atoms with Gasteiger partial charge in [-0.1, -0.05) is 0 Å². The van der Waals surface area contributed by atoms with Crippen molar-refractivity contribution in [2.24, 2.45) is 11.7 Å². The van der Waals surface area contributed by atoms with E-state index >= 15 is 0 Å². The summed E-state index contributed by atoms with van der Waals surface area (Å²) >= 11 is 0. The molecule has 3 heteroatoms. The molecular weight excluding hydrogens is 140 g/mol. The maximum Gasteiger partial charge on any atom is 0.0542 e. The number of hydrogen-bond acceptors (Lipinski definition) is 3. The first-order valence-corrected chi connectivity index (χ1v) is 4.22. The van der Waals surface area contributed by atoms with Gasteiger partial charge in [-0.05, 0) is 19.3 Å². The molecule has 0 aromatic carbocycles. The number of nitrogens with zero attached hydrogens (tertiary/aromatic N) is 1. The highest BCUT2D eigenvalue weighted by Crippen LogP contribution is 2.16. The molecule has 1 aliphatic rings. The van der Waals surface area contributed by atoms with Crippen LogP contribution in [0, 0.1) is 5.92 Å². The Labute approximate surface area is 68.5 Å². The zero-order valence-corrected chi connectivity index (χ0v) is 7.42. The highest BCUT2D eigenvalue weighted by atomic mass is 16.5. The molecule has 2 N–H and O–H groups in total. The van der Waals surface area contributed by atoms with Crippen LogP contribution >= 0.6 is 0 Å². The maximum atomic E-state index is 5.74. The monoisotopic (exact) mass is 158 g/mol. The second-order valence-electron chi connectivity index (χ2n) is 3.35. The zero-order valence-electron chi connectivity index (χ0n) is 7.42. The number of ether oxygens (including phenoxy) is 1. The van der Waals surface area contributed by atoms with E-state index in [9.17, 15) is 0 Å². The number of methoxy groups -OCH3 is 1. The van der Waals surface area contributed by atoms with Crippen molar-refractivity contribution in [2.75, 3.05) is 26.8 Å². The SMILES string of the molecule is COCC1CCN(C(C)N)C1. The Morgan fingerprint density at radius 3 is 2.91 bits per heavy atom. The molecule has 1 rings (SSSR count). The molecule has 2 unspecified atom stereocenters. The van der Waals surface area contributed by atoms with Gasteiger partial charge in [0.15, 0.2) is 0 Å². The summed E-state index contributed by atoms with van der Waals surface area (Å²) < 4.78 is 5.09. The van der Waals surface area contributed by atoms with Crippen molar-refractivity contribution in [3.63, 3.8) is 0 Å². The molecule has 0 aliphatic carbocycles. The van der Waals surface area contributed by atoms with Crippen molar-refractivity contribution in [2.45, 2.75) is 19.5 Å². The Kier molecular flexibility index (Phi) is 3.30. The van der Waals surface area contributed by atoms with E-state index in [1.165, 1.54) is 6.42 Å². The molecule has 1 fully saturated rings. The van der Waals surface area contributed by atoms with Crippen LogP contribution in [0.2, 0.25) is 0 Å². The van der Waals surface area contributed by atoms with Gasteiger partial charge in [0, 0.05) is 20.2 Å². The molecule has 1 saturated heterocycles. The fraction of sp³-hybridized carbons (Fsp3) is 1.00. The zero-order chi connectivity index (χ0) is 8.27. The summed E-state index contributed by atoms with van der Waals surface area (Å²) in [6, 6.07) is 0. The fourth-order valence-electron chi connectivity index (χ4n) is 1.60. The predicted octanol–water partition coefficient (Wildman–Crippen LogP) is 0.259.